The molecular formula is C14H25N3O2. The highest BCUT2D eigenvalue weighted by Gasteiger charge is 2.34. The Balaban J connectivity index is 1.76. The number of piperidine rings is 1. The molecule has 2 fully saturated rings. The van der Waals surface area contributed by atoms with E-state index in [-0.39, 0.29) is 11.8 Å². The predicted molar refractivity (Wildman–Crippen MR) is 73.5 cm³/mol. The molecule has 0 unspecified atom stereocenters. The molecular weight excluding hydrogens is 242 g/mol. The van der Waals surface area contributed by atoms with Crippen LogP contribution in [0.15, 0.2) is 0 Å². The van der Waals surface area contributed by atoms with Crippen LogP contribution in [0.3, 0.4) is 0 Å². The van der Waals surface area contributed by atoms with E-state index in [9.17, 15) is 9.59 Å². The van der Waals surface area contributed by atoms with Crippen molar-refractivity contribution in [3.63, 3.8) is 0 Å². The number of nitrogens with zero attached hydrogens (tertiary/aromatic N) is 1. The molecule has 0 aromatic heterocycles. The highest BCUT2D eigenvalue weighted by molar-refractivity contribution is 5.79. The van der Waals surface area contributed by atoms with Crippen molar-refractivity contribution in [3.05, 3.63) is 0 Å². The molecule has 2 amide bonds. The van der Waals surface area contributed by atoms with Crippen LogP contribution in [0.4, 0.5) is 0 Å². The molecule has 108 valence electrons. The van der Waals surface area contributed by atoms with E-state index in [0.717, 1.165) is 45.6 Å². The van der Waals surface area contributed by atoms with Crippen molar-refractivity contribution in [1.82, 2.24) is 15.5 Å². The van der Waals surface area contributed by atoms with Gasteiger partial charge in [-0.05, 0) is 31.2 Å². The quantitative estimate of drug-likeness (QED) is 0.769. The summed E-state index contributed by atoms with van der Waals surface area (Å²) in [6.07, 6.45) is 2.00. The van der Waals surface area contributed by atoms with Crippen molar-refractivity contribution < 1.29 is 9.59 Å². The van der Waals surface area contributed by atoms with E-state index in [2.05, 4.69) is 17.6 Å². The SMILES string of the molecule is CC(=O)NCC1CCN(C(=O)[C@@H]2CNC[C@H]2C)CC1. The predicted octanol–water partition coefficient (Wildman–Crippen LogP) is 0.217. The van der Waals surface area contributed by atoms with Gasteiger partial charge in [0.05, 0.1) is 5.92 Å². The van der Waals surface area contributed by atoms with E-state index >= 15 is 0 Å². The molecule has 2 atom stereocenters. The summed E-state index contributed by atoms with van der Waals surface area (Å²) >= 11 is 0. The highest BCUT2D eigenvalue weighted by atomic mass is 16.2. The lowest BCUT2D eigenvalue weighted by Crippen LogP contribution is -2.45. The Morgan fingerprint density at radius 3 is 2.47 bits per heavy atom. The van der Waals surface area contributed by atoms with E-state index in [1.54, 1.807) is 6.92 Å². The maximum Gasteiger partial charge on any atom is 0.227 e. The summed E-state index contributed by atoms with van der Waals surface area (Å²) in [5.74, 6) is 1.48. The molecule has 2 saturated heterocycles. The second kappa shape index (κ2) is 6.37. The van der Waals surface area contributed by atoms with Gasteiger partial charge in [0.25, 0.3) is 0 Å². The molecule has 5 heteroatoms. The van der Waals surface area contributed by atoms with Gasteiger partial charge in [0.1, 0.15) is 0 Å². The van der Waals surface area contributed by atoms with Crippen molar-refractivity contribution in [2.24, 2.45) is 17.8 Å². The van der Waals surface area contributed by atoms with E-state index in [0.29, 0.717) is 17.7 Å². The van der Waals surface area contributed by atoms with Crippen LogP contribution in [0.25, 0.3) is 0 Å². The molecule has 0 radical (unpaired) electrons. The van der Waals surface area contributed by atoms with Crippen molar-refractivity contribution in [3.8, 4) is 0 Å². The fourth-order valence-electron chi connectivity index (χ4n) is 3.02. The third kappa shape index (κ3) is 3.69. The third-order valence-corrected chi connectivity index (χ3v) is 4.40. The Kier molecular flexibility index (Phi) is 4.80. The van der Waals surface area contributed by atoms with E-state index in [1.807, 2.05) is 4.90 Å². The lowest BCUT2D eigenvalue weighted by atomic mass is 9.92. The summed E-state index contributed by atoms with van der Waals surface area (Å²) in [4.78, 5) is 25.3. The van der Waals surface area contributed by atoms with Gasteiger partial charge in [-0.15, -0.1) is 0 Å². The summed E-state index contributed by atoms with van der Waals surface area (Å²) in [6.45, 7) is 7.90. The van der Waals surface area contributed by atoms with Gasteiger partial charge in [0.2, 0.25) is 11.8 Å². The zero-order valence-corrected chi connectivity index (χ0v) is 11.9. The second-order valence-electron chi connectivity index (χ2n) is 5.95. The van der Waals surface area contributed by atoms with Gasteiger partial charge < -0.3 is 15.5 Å². The molecule has 2 heterocycles. The minimum atomic E-state index is 0.0318. The van der Waals surface area contributed by atoms with Crippen LogP contribution < -0.4 is 10.6 Å². The Hall–Kier alpha value is -1.10. The zero-order chi connectivity index (χ0) is 13.8. The lowest BCUT2D eigenvalue weighted by Gasteiger charge is -2.34. The minimum absolute atomic E-state index is 0.0318. The molecule has 2 aliphatic heterocycles. The van der Waals surface area contributed by atoms with Crippen molar-refractivity contribution in [2.75, 3.05) is 32.7 Å². The smallest absolute Gasteiger partial charge is 0.227 e. The van der Waals surface area contributed by atoms with Gasteiger partial charge in [-0.3, -0.25) is 9.59 Å². The van der Waals surface area contributed by atoms with Gasteiger partial charge >= 0.3 is 0 Å². The summed E-state index contributed by atoms with van der Waals surface area (Å²) in [5, 5.41) is 6.16. The first-order chi connectivity index (χ1) is 9.08. The van der Waals surface area contributed by atoms with E-state index < -0.39 is 0 Å². The average Bonchev–Trinajstić information content (AvgIpc) is 2.82. The molecule has 2 N–H and O–H groups in total. The molecule has 2 rings (SSSR count). The van der Waals surface area contributed by atoms with Crippen LogP contribution >= 0.6 is 0 Å². The number of likely N-dealkylation sites (tertiary alicyclic amines) is 1. The van der Waals surface area contributed by atoms with Gasteiger partial charge in [-0.25, -0.2) is 0 Å². The first-order valence-corrected chi connectivity index (χ1v) is 7.32. The normalized spacial score (nSPS) is 28.4. The fraction of sp³-hybridized carbons (Fsp3) is 0.857. The Bertz CT molecular complexity index is 338. The molecule has 5 nitrogen and oxygen atoms in total. The largest absolute Gasteiger partial charge is 0.356 e. The standard InChI is InChI=1S/C14H25N3O2/c1-10-7-15-9-13(10)14(19)17-5-3-12(4-6-17)8-16-11(2)18/h10,12-13,15H,3-9H2,1-2H3,(H,16,18)/t10-,13-/m1/s1. The summed E-state index contributed by atoms with van der Waals surface area (Å²) in [7, 11) is 0. The van der Waals surface area contributed by atoms with Crippen LogP contribution in [0.1, 0.15) is 26.7 Å². The molecule has 0 saturated carbocycles. The third-order valence-electron chi connectivity index (χ3n) is 4.40. The van der Waals surface area contributed by atoms with Crippen molar-refractivity contribution >= 4 is 11.8 Å². The van der Waals surface area contributed by atoms with E-state index in [4.69, 9.17) is 0 Å². The molecule has 0 spiro atoms. The number of carbonyl (C=O) groups is 2. The van der Waals surface area contributed by atoms with Crippen molar-refractivity contribution in [1.29, 1.82) is 0 Å². The molecule has 19 heavy (non-hydrogen) atoms. The Morgan fingerprint density at radius 2 is 1.95 bits per heavy atom. The minimum Gasteiger partial charge on any atom is -0.356 e. The maximum atomic E-state index is 12.4. The molecule has 0 aliphatic carbocycles. The number of hydrogen-bond acceptors (Lipinski definition) is 3. The Labute approximate surface area is 115 Å². The molecule has 0 aromatic rings. The monoisotopic (exact) mass is 267 g/mol. The van der Waals surface area contributed by atoms with Gasteiger partial charge in [0, 0.05) is 33.1 Å². The average molecular weight is 267 g/mol. The number of nitrogens with one attached hydrogen (secondary N) is 2. The number of carbonyl (C=O) groups excluding carboxylic acids is 2. The van der Waals surface area contributed by atoms with Crippen LogP contribution in [0.5, 0.6) is 0 Å². The van der Waals surface area contributed by atoms with Crippen LogP contribution in [-0.2, 0) is 9.59 Å². The summed E-state index contributed by atoms with van der Waals surface area (Å²) < 4.78 is 0. The topological polar surface area (TPSA) is 61.4 Å². The second-order valence-corrected chi connectivity index (χ2v) is 5.95. The first kappa shape index (κ1) is 14.3. The highest BCUT2D eigenvalue weighted by Crippen LogP contribution is 2.23. The lowest BCUT2D eigenvalue weighted by molar-refractivity contribution is -0.137. The maximum absolute atomic E-state index is 12.4. The Morgan fingerprint density at radius 1 is 1.26 bits per heavy atom. The van der Waals surface area contributed by atoms with Gasteiger partial charge in [-0.1, -0.05) is 6.92 Å². The molecule has 0 aromatic carbocycles. The van der Waals surface area contributed by atoms with Crippen LogP contribution in [0.2, 0.25) is 0 Å². The number of rotatable bonds is 3. The first-order valence-electron chi connectivity index (χ1n) is 7.32. The number of hydrogen-bond donors (Lipinski definition) is 2. The summed E-state index contributed by atoms with van der Waals surface area (Å²) in [6, 6.07) is 0. The van der Waals surface area contributed by atoms with Crippen molar-refractivity contribution in [2.45, 2.75) is 26.7 Å². The van der Waals surface area contributed by atoms with E-state index in [1.165, 1.54) is 0 Å². The van der Waals surface area contributed by atoms with Gasteiger partial charge in [-0.2, -0.15) is 0 Å². The molecule has 2 aliphatic rings. The van der Waals surface area contributed by atoms with Crippen LogP contribution in [0, 0.1) is 17.8 Å². The fourth-order valence-corrected chi connectivity index (χ4v) is 3.02. The summed E-state index contributed by atoms with van der Waals surface area (Å²) in [5.41, 5.74) is 0. The number of amides is 2. The molecule has 0 bridgehead atoms. The zero-order valence-electron chi connectivity index (χ0n) is 11.9. The van der Waals surface area contributed by atoms with Gasteiger partial charge in [0.15, 0.2) is 0 Å². The van der Waals surface area contributed by atoms with Crippen LogP contribution in [-0.4, -0.2) is 49.4 Å².